The van der Waals surface area contributed by atoms with E-state index in [0.717, 1.165) is 32.6 Å². The van der Waals surface area contributed by atoms with Crippen LogP contribution < -0.4 is 0 Å². The Morgan fingerprint density at radius 1 is 1.23 bits per heavy atom. The van der Waals surface area contributed by atoms with Crippen LogP contribution in [0.3, 0.4) is 0 Å². The maximum atomic E-state index is 6.08. The summed E-state index contributed by atoms with van der Waals surface area (Å²) >= 11 is 13.6. The van der Waals surface area contributed by atoms with Gasteiger partial charge >= 0.3 is 0 Å². The molecule has 3 nitrogen and oxygen atoms in total. The number of nitrogens with zero attached hydrogens (tertiary/aromatic N) is 3. The number of hydrogen-bond donors (Lipinski definition) is 0. The Labute approximate surface area is 143 Å². The number of halogens is 2. The van der Waals surface area contributed by atoms with Crippen LogP contribution in [0, 0.1) is 5.92 Å². The van der Waals surface area contributed by atoms with Gasteiger partial charge in [0.1, 0.15) is 10.8 Å². The van der Waals surface area contributed by atoms with Crippen molar-refractivity contribution in [3.63, 3.8) is 0 Å². The fourth-order valence-corrected chi connectivity index (χ4v) is 3.51. The lowest BCUT2D eigenvalue weighted by molar-refractivity contribution is 0.484. The molecule has 0 bridgehead atoms. The van der Waals surface area contributed by atoms with Gasteiger partial charge in [-0.05, 0) is 35.7 Å². The highest BCUT2D eigenvalue weighted by molar-refractivity contribution is 7.19. The Hall–Kier alpha value is -1.36. The minimum Gasteiger partial charge on any atom is -0.271 e. The Morgan fingerprint density at radius 2 is 2.05 bits per heavy atom. The van der Waals surface area contributed by atoms with Crippen LogP contribution in [-0.4, -0.2) is 14.8 Å². The fraction of sp³-hybridized carbons (Fsp3) is 0.250. The van der Waals surface area contributed by atoms with E-state index in [2.05, 4.69) is 25.0 Å². The molecule has 0 atom stereocenters. The molecular formula is C16H15Cl2N3S. The molecule has 0 aliphatic heterocycles. The van der Waals surface area contributed by atoms with Crippen LogP contribution in [-0.2, 0) is 6.54 Å². The van der Waals surface area contributed by atoms with E-state index in [0.29, 0.717) is 11.1 Å². The van der Waals surface area contributed by atoms with Crippen LogP contribution in [0.2, 0.25) is 9.49 Å². The second-order valence-corrected chi connectivity index (χ2v) is 7.58. The summed E-state index contributed by atoms with van der Waals surface area (Å²) in [6.07, 6.45) is 3.78. The number of aromatic nitrogens is 3. The van der Waals surface area contributed by atoms with Gasteiger partial charge in [-0.25, -0.2) is 4.98 Å². The number of thiophene rings is 1. The number of pyridine rings is 1. The SMILES string of the molecule is CC(C)Cn1cc(-c2ccnc(Cl)c2)c(-c2ccc(Cl)s2)n1. The molecule has 0 saturated carbocycles. The second kappa shape index (κ2) is 6.41. The fourth-order valence-electron chi connectivity index (χ4n) is 2.29. The van der Waals surface area contributed by atoms with Gasteiger partial charge in [-0.1, -0.05) is 37.0 Å². The average Bonchev–Trinajstić information content (AvgIpc) is 3.04. The quantitative estimate of drug-likeness (QED) is 0.569. The molecule has 0 unspecified atom stereocenters. The van der Waals surface area contributed by atoms with Gasteiger partial charge in [0, 0.05) is 24.5 Å². The molecule has 114 valence electrons. The molecule has 3 heterocycles. The third-order valence-corrected chi connectivity index (χ3v) is 4.60. The van der Waals surface area contributed by atoms with Gasteiger partial charge in [-0.3, -0.25) is 4.68 Å². The van der Waals surface area contributed by atoms with E-state index in [9.17, 15) is 0 Å². The topological polar surface area (TPSA) is 30.7 Å². The van der Waals surface area contributed by atoms with Crippen LogP contribution in [0.1, 0.15) is 13.8 Å². The zero-order chi connectivity index (χ0) is 15.7. The highest BCUT2D eigenvalue weighted by Crippen LogP contribution is 2.37. The highest BCUT2D eigenvalue weighted by Gasteiger charge is 2.16. The van der Waals surface area contributed by atoms with Crippen molar-refractivity contribution in [1.29, 1.82) is 0 Å². The summed E-state index contributed by atoms with van der Waals surface area (Å²) in [5, 5.41) is 5.22. The smallest absolute Gasteiger partial charge is 0.129 e. The van der Waals surface area contributed by atoms with Gasteiger partial charge in [0.05, 0.1) is 9.21 Å². The zero-order valence-corrected chi connectivity index (χ0v) is 14.6. The standard InChI is InChI=1S/C16H15Cl2N3S/c1-10(2)8-21-9-12(11-5-6-19-14(17)7-11)16(20-21)13-3-4-15(18)22-13/h3-7,9-10H,8H2,1-2H3. The summed E-state index contributed by atoms with van der Waals surface area (Å²) < 4.78 is 2.74. The molecule has 3 aromatic heterocycles. The minimum absolute atomic E-state index is 0.476. The normalized spacial score (nSPS) is 11.3. The van der Waals surface area contributed by atoms with E-state index < -0.39 is 0 Å². The van der Waals surface area contributed by atoms with Gasteiger partial charge < -0.3 is 0 Å². The molecular weight excluding hydrogens is 337 g/mol. The molecule has 0 spiro atoms. The predicted octanol–water partition coefficient (Wildman–Crippen LogP) is 5.64. The van der Waals surface area contributed by atoms with Crippen LogP contribution in [0.15, 0.2) is 36.7 Å². The van der Waals surface area contributed by atoms with Gasteiger partial charge in [0.25, 0.3) is 0 Å². The summed E-state index contributed by atoms with van der Waals surface area (Å²) in [4.78, 5) is 5.10. The maximum Gasteiger partial charge on any atom is 0.129 e. The Morgan fingerprint density at radius 3 is 2.68 bits per heavy atom. The van der Waals surface area contributed by atoms with Crippen molar-refractivity contribution in [3.05, 3.63) is 46.1 Å². The van der Waals surface area contributed by atoms with Gasteiger partial charge in [0.2, 0.25) is 0 Å². The molecule has 0 N–H and O–H groups in total. The monoisotopic (exact) mass is 351 g/mol. The molecule has 3 aromatic rings. The molecule has 22 heavy (non-hydrogen) atoms. The van der Waals surface area contributed by atoms with Crippen LogP contribution >= 0.6 is 34.5 Å². The van der Waals surface area contributed by atoms with E-state index in [1.807, 2.05) is 28.9 Å². The lowest BCUT2D eigenvalue weighted by Crippen LogP contribution is -2.04. The molecule has 0 radical (unpaired) electrons. The van der Waals surface area contributed by atoms with Crippen molar-refractivity contribution < 1.29 is 0 Å². The molecule has 0 amide bonds. The zero-order valence-electron chi connectivity index (χ0n) is 12.3. The van der Waals surface area contributed by atoms with E-state index >= 15 is 0 Å². The summed E-state index contributed by atoms with van der Waals surface area (Å²) in [5.74, 6) is 0.522. The van der Waals surface area contributed by atoms with Gasteiger partial charge in [0.15, 0.2) is 0 Å². The predicted molar refractivity (Wildman–Crippen MR) is 93.6 cm³/mol. The van der Waals surface area contributed by atoms with Crippen molar-refractivity contribution in [2.75, 3.05) is 0 Å². The molecule has 0 aliphatic carbocycles. The average molecular weight is 352 g/mol. The van der Waals surface area contributed by atoms with E-state index in [4.69, 9.17) is 28.3 Å². The first-order chi connectivity index (χ1) is 10.5. The lowest BCUT2D eigenvalue weighted by atomic mass is 10.1. The minimum atomic E-state index is 0.476. The first kappa shape index (κ1) is 15.5. The van der Waals surface area contributed by atoms with E-state index in [1.165, 1.54) is 11.3 Å². The molecule has 0 fully saturated rings. The first-order valence-corrected chi connectivity index (χ1v) is 8.55. The van der Waals surface area contributed by atoms with Gasteiger partial charge in [-0.2, -0.15) is 5.10 Å². The highest BCUT2D eigenvalue weighted by atomic mass is 35.5. The summed E-state index contributed by atoms with van der Waals surface area (Å²) in [6, 6.07) is 7.70. The first-order valence-electron chi connectivity index (χ1n) is 6.98. The maximum absolute atomic E-state index is 6.08. The Kier molecular flexibility index (Phi) is 4.52. The molecule has 0 aliphatic rings. The number of hydrogen-bond acceptors (Lipinski definition) is 3. The third kappa shape index (κ3) is 3.35. The molecule has 6 heteroatoms. The van der Waals surface area contributed by atoms with Crippen molar-refractivity contribution in [2.45, 2.75) is 20.4 Å². The Balaban J connectivity index is 2.12. The summed E-state index contributed by atoms with van der Waals surface area (Å²) in [6.45, 7) is 5.21. The third-order valence-electron chi connectivity index (χ3n) is 3.16. The van der Waals surface area contributed by atoms with Crippen molar-refractivity contribution in [3.8, 4) is 21.7 Å². The van der Waals surface area contributed by atoms with E-state index in [-0.39, 0.29) is 0 Å². The summed E-state index contributed by atoms with van der Waals surface area (Å²) in [5.41, 5.74) is 2.98. The van der Waals surface area contributed by atoms with E-state index in [1.54, 1.807) is 6.20 Å². The Bertz CT molecular complexity index is 792. The van der Waals surface area contributed by atoms with Crippen LogP contribution in [0.25, 0.3) is 21.7 Å². The number of rotatable bonds is 4. The van der Waals surface area contributed by atoms with Crippen molar-refractivity contribution in [1.82, 2.24) is 14.8 Å². The largest absolute Gasteiger partial charge is 0.271 e. The van der Waals surface area contributed by atoms with Crippen molar-refractivity contribution >= 4 is 34.5 Å². The summed E-state index contributed by atoms with van der Waals surface area (Å²) in [7, 11) is 0. The van der Waals surface area contributed by atoms with Crippen LogP contribution in [0.4, 0.5) is 0 Å². The molecule has 3 rings (SSSR count). The second-order valence-electron chi connectivity index (χ2n) is 5.48. The van der Waals surface area contributed by atoms with Gasteiger partial charge in [-0.15, -0.1) is 11.3 Å². The molecule has 0 saturated heterocycles. The molecule has 0 aromatic carbocycles. The van der Waals surface area contributed by atoms with Crippen LogP contribution in [0.5, 0.6) is 0 Å². The lowest BCUT2D eigenvalue weighted by Gasteiger charge is -2.03. The van der Waals surface area contributed by atoms with Crippen molar-refractivity contribution in [2.24, 2.45) is 5.92 Å².